The predicted octanol–water partition coefficient (Wildman–Crippen LogP) is 1.19. The maximum Gasteiger partial charge on any atom is 0.319 e. The van der Waals surface area contributed by atoms with Gasteiger partial charge in [0.05, 0.1) is 17.7 Å². The molecular formula is C13H18ClN3O3. The Kier molecular flexibility index (Phi) is 4.69. The number of ether oxygens (including phenoxy) is 1. The molecule has 1 aliphatic rings. The van der Waals surface area contributed by atoms with Crippen molar-refractivity contribution in [1.29, 1.82) is 0 Å². The van der Waals surface area contributed by atoms with Crippen molar-refractivity contribution in [3.05, 3.63) is 23.2 Å². The highest BCUT2D eigenvalue weighted by molar-refractivity contribution is 6.32. The molecule has 1 saturated heterocycles. The molecule has 0 radical (unpaired) electrons. The average Bonchev–Trinajstić information content (AvgIpc) is 2.84. The summed E-state index contributed by atoms with van der Waals surface area (Å²) in [6.45, 7) is 1.45. The summed E-state index contributed by atoms with van der Waals surface area (Å²) in [7, 11) is 1.53. The summed E-state index contributed by atoms with van der Waals surface area (Å²) in [6, 6.07) is 4.58. The zero-order valence-electron chi connectivity index (χ0n) is 11.2. The van der Waals surface area contributed by atoms with E-state index in [1.807, 2.05) is 0 Å². The third kappa shape index (κ3) is 3.75. The normalized spacial score (nSPS) is 21.6. The molecule has 2 rings (SSSR count). The molecule has 1 aliphatic heterocycles. The van der Waals surface area contributed by atoms with Crippen LogP contribution in [0, 0.1) is 0 Å². The molecule has 110 valence electrons. The smallest absolute Gasteiger partial charge is 0.319 e. The van der Waals surface area contributed by atoms with Gasteiger partial charge in [0.25, 0.3) is 0 Å². The van der Waals surface area contributed by atoms with Crippen LogP contribution in [0.3, 0.4) is 0 Å². The number of rotatable bonds is 4. The number of benzene rings is 1. The number of hydrogen-bond donors (Lipinski definition) is 4. The van der Waals surface area contributed by atoms with Gasteiger partial charge in [-0.05, 0) is 31.2 Å². The number of β-amino-alcohol motifs (C(OH)–C–C–N with tert-alkyl or cyclic N) is 1. The van der Waals surface area contributed by atoms with Gasteiger partial charge in [0, 0.05) is 18.8 Å². The van der Waals surface area contributed by atoms with Gasteiger partial charge in [-0.3, -0.25) is 0 Å². The van der Waals surface area contributed by atoms with Gasteiger partial charge in [-0.25, -0.2) is 4.79 Å². The first-order chi connectivity index (χ1) is 9.52. The topological polar surface area (TPSA) is 82.6 Å². The van der Waals surface area contributed by atoms with Crippen LogP contribution in [-0.2, 0) is 0 Å². The van der Waals surface area contributed by atoms with Crippen molar-refractivity contribution in [2.75, 3.05) is 32.1 Å². The molecule has 0 saturated carbocycles. The van der Waals surface area contributed by atoms with Gasteiger partial charge in [0.1, 0.15) is 5.75 Å². The van der Waals surface area contributed by atoms with E-state index in [2.05, 4.69) is 16.0 Å². The van der Waals surface area contributed by atoms with Crippen LogP contribution in [0.25, 0.3) is 0 Å². The molecule has 7 heteroatoms. The molecule has 1 atom stereocenters. The lowest BCUT2D eigenvalue weighted by Gasteiger charge is -2.21. The number of nitrogens with one attached hydrogen (secondary N) is 3. The monoisotopic (exact) mass is 299 g/mol. The van der Waals surface area contributed by atoms with Crippen LogP contribution >= 0.6 is 11.6 Å². The number of methoxy groups -OCH3 is 1. The van der Waals surface area contributed by atoms with E-state index in [1.54, 1.807) is 18.2 Å². The lowest BCUT2D eigenvalue weighted by molar-refractivity contribution is 0.0640. The van der Waals surface area contributed by atoms with Crippen LogP contribution in [0.1, 0.15) is 6.42 Å². The van der Waals surface area contributed by atoms with Gasteiger partial charge in [-0.15, -0.1) is 0 Å². The maximum absolute atomic E-state index is 11.7. The Morgan fingerprint density at radius 2 is 2.40 bits per heavy atom. The zero-order chi connectivity index (χ0) is 14.6. The second kappa shape index (κ2) is 6.30. The third-order valence-corrected chi connectivity index (χ3v) is 3.50. The number of hydrogen-bond acceptors (Lipinski definition) is 4. The molecule has 1 heterocycles. The van der Waals surface area contributed by atoms with E-state index in [9.17, 15) is 9.90 Å². The summed E-state index contributed by atoms with van der Waals surface area (Å²) in [6.07, 6.45) is 0.627. The summed E-state index contributed by atoms with van der Waals surface area (Å²) < 4.78 is 5.03. The van der Waals surface area contributed by atoms with Gasteiger partial charge in [0.15, 0.2) is 0 Å². The number of urea groups is 1. The van der Waals surface area contributed by atoms with Crippen molar-refractivity contribution >= 4 is 23.3 Å². The van der Waals surface area contributed by atoms with Crippen molar-refractivity contribution in [1.82, 2.24) is 10.6 Å². The van der Waals surface area contributed by atoms with E-state index >= 15 is 0 Å². The number of aliphatic hydroxyl groups is 1. The van der Waals surface area contributed by atoms with E-state index in [0.717, 1.165) is 6.54 Å². The molecular weight excluding hydrogens is 282 g/mol. The molecule has 0 bridgehead atoms. The second-order valence-corrected chi connectivity index (χ2v) is 5.22. The SMILES string of the molecule is COc1ccc(NC(=O)NC[C@@]2(O)CCNC2)cc1Cl. The van der Waals surface area contributed by atoms with Gasteiger partial charge in [-0.2, -0.15) is 0 Å². The van der Waals surface area contributed by atoms with Crippen molar-refractivity contribution in [3.63, 3.8) is 0 Å². The highest BCUT2D eigenvalue weighted by atomic mass is 35.5. The fourth-order valence-electron chi connectivity index (χ4n) is 2.05. The fraction of sp³-hybridized carbons (Fsp3) is 0.462. The van der Waals surface area contributed by atoms with Crippen LogP contribution < -0.4 is 20.7 Å². The number of halogens is 1. The number of anilines is 1. The van der Waals surface area contributed by atoms with Gasteiger partial charge in [-0.1, -0.05) is 11.6 Å². The molecule has 20 heavy (non-hydrogen) atoms. The molecule has 1 aromatic carbocycles. The van der Waals surface area contributed by atoms with Crippen LogP contribution in [-0.4, -0.2) is 43.5 Å². The van der Waals surface area contributed by atoms with Gasteiger partial charge < -0.3 is 25.8 Å². The molecule has 6 nitrogen and oxygen atoms in total. The molecule has 1 fully saturated rings. The summed E-state index contributed by atoms with van der Waals surface area (Å²) in [4.78, 5) is 11.7. The molecule has 2 amide bonds. The minimum absolute atomic E-state index is 0.204. The molecule has 0 aliphatic carbocycles. The Morgan fingerprint density at radius 1 is 1.60 bits per heavy atom. The zero-order valence-corrected chi connectivity index (χ0v) is 12.0. The summed E-state index contributed by atoms with van der Waals surface area (Å²) >= 11 is 5.97. The average molecular weight is 300 g/mol. The van der Waals surface area contributed by atoms with Gasteiger partial charge >= 0.3 is 6.03 Å². The lowest BCUT2D eigenvalue weighted by atomic mass is 10.0. The quantitative estimate of drug-likeness (QED) is 0.673. The first-order valence-electron chi connectivity index (χ1n) is 6.34. The Balaban J connectivity index is 1.86. The summed E-state index contributed by atoms with van der Waals surface area (Å²) in [5, 5.41) is 18.9. The third-order valence-electron chi connectivity index (χ3n) is 3.21. The Labute approximate surface area is 122 Å². The first kappa shape index (κ1) is 14.9. The Bertz CT molecular complexity index is 490. The molecule has 1 aromatic rings. The largest absolute Gasteiger partial charge is 0.495 e. The van der Waals surface area contributed by atoms with Crippen molar-refractivity contribution in [2.24, 2.45) is 0 Å². The maximum atomic E-state index is 11.7. The number of carbonyl (C=O) groups excluding carboxylic acids is 1. The summed E-state index contributed by atoms with van der Waals surface area (Å²) in [5.74, 6) is 0.545. The highest BCUT2D eigenvalue weighted by Gasteiger charge is 2.31. The summed E-state index contributed by atoms with van der Waals surface area (Å²) in [5.41, 5.74) is -0.306. The number of carbonyl (C=O) groups is 1. The van der Waals surface area contributed by atoms with E-state index in [1.165, 1.54) is 7.11 Å². The second-order valence-electron chi connectivity index (χ2n) is 4.81. The van der Waals surface area contributed by atoms with Crippen molar-refractivity contribution < 1.29 is 14.6 Å². The minimum Gasteiger partial charge on any atom is -0.495 e. The standard InChI is InChI=1S/C13H18ClN3O3/c1-20-11-3-2-9(6-10(11)14)17-12(18)16-8-13(19)4-5-15-7-13/h2-3,6,15,19H,4-5,7-8H2,1H3,(H2,16,17,18)/t13-/m1/s1. The number of amides is 2. The molecule has 4 N–H and O–H groups in total. The molecule has 0 aromatic heterocycles. The van der Waals surface area contributed by atoms with Crippen molar-refractivity contribution in [2.45, 2.75) is 12.0 Å². The lowest BCUT2D eigenvalue weighted by Crippen LogP contribution is -2.45. The first-order valence-corrected chi connectivity index (χ1v) is 6.72. The molecule has 0 unspecified atom stereocenters. The molecule has 0 spiro atoms. The minimum atomic E-state index is -0.866. The highest BCUT2D eigenvalue weighted by Crippen LogP contribution is 2.27. The van der Waals surface area contributed by atoms with Crippen LogP contribution in [0.2, 0.25) is 5.02 Å². The van der Waals surface area contributed by atoms with E-state index in [0.29, 0.717) is 29.4 Å². The van der Waals surface area contributed by atoms with E-state index in [4.69, 9.17) is 16.3 Å². The Hall–Kier alpha value is -1.50. The van der Waals surface area contributed by atoms with E-state index < -0.39 is 5.60 Å². The van der Waals surface area contributed by atoms with E-state index in [-0.39, 0.29) is 12.6 Å². The van der Waals surface area contributed by atoms with Crippen LogP contribution in [0.5, 0.6) is 5.75 Å². The van der Waals surface area contributed by atoms with Crippen molar-refractivity contribution in [3.8, 4) is 5.75 Å². The van der Waals surface area contributed by atoms with Crippen LogP contribution in [0.4, 0.5) is 10.5 Å². The van der Waals surface area contributed by atoms with Crippen LogP contribution in [0.15, 0.2) is 18.2 Å². The fourth-order valence-corrected chi connectivity index (χ4v) is 2.30. The Morgan fingerprint density at radius 3 is 3.00 bits per heavy atom. The predicted molar refractivity (Wildman–Crippen MR) is 77.5 cm³/mol. The van der Waals surface area contributed by atoms with Gasteiger partial charge in [0.2, 0.25) is 0 Å².